The fourth-order valence-electron chi connectivity index (χ4n) is 8.99. The molecule has 0 radical (unpaired) electrons. The Morgan fingerprint density at radius 3 is 1.20 bits per heavy atom. The lowest BCUT2D eigenvalue weighted by atomic mass is 9.93. The molecule has 0 saturated carbocycles. The molecular formula is C48H50N6O2. The first-order chi connectivity index (χ1) is 27.4. The van der Waals surface area contributed by atoms with Crippen LogP contribution in [-0.4, -0.2) is 111 Å². The van der Waals surface area contributed by atoms with Gasteiger partial charge in [-0.05, 0) is 119 Å². The third-order valence-electron chi connectivity index (χ3n) is 12.0. The molecule has 0 bridgehead atoms. The van der Waals surface area contributed by atoms with E-state index >= 15 is 0 Å². The van der Waals surface area contributed by atoms with Crippen molar-refractivity contribution in [2.75, 3.05) is 90.2 Å². The quantitative estimate of drug-likeness (QED) is 0.167. The van der Waals surface area contributed by atoms with Gasteiger partial charge in [0.15, 0.2) is 0 Å². The predicted octanol–water partition coefficient (Wildman–Crippen LogP) is 8.32. The molecule has 0 spiro atoms. The van der Waals surface area contributed by atoms with Crippen molar-refractivity contribution in [3.8, 4) is 0 Å². The van der Waals surface area contributed by atoms with Crippen LogP contribution in [-0.2, 0) is 9.59 Å². The van der Waals surface area contributed by atoms with E-state index in [0.717, 1.165) is 87.3 Å². The summed E-state index contributed by atoms with van der Waals surface area (Å²) in [6.45, 7) is 7.62. The van der Waals surface area contributed by atoms with E-state index in [2.05, 4.69) is 141 Å². The van der Waals surface area contributed by atoms with E-state index in [9.17, 15) is 9.59 Å². The molecule has 0 unspecified atom stereocenters. The molecule has 0 atom stereocenters. The maximum absolute atomic E-state index is 13.6. The van der Waals surface area contributed by atoms with Crippen molar-refractivity contribution in [2.45, 2.75) is 12.8 Å². The van der Waals surface area contributed by atoms with Gasteiger partial charge in [0.2, 0.25) is 11.8 Å². The average Bonchev–Trinajstić information content (AvgIpc) is 3.20. The highest BCUT2D eigenvalue weighted by Gasteiger charge is 2.19. The van der Waals surface area contributed by atoms with Gasteiger partial charge in [-0.1, -0.05) is 97.1 Å². The third-order valence-corrected chi connectivity index (χ3v) is 12.0. The lowest BCUT2D eigenvalue weighted by Gasteiger charge is -2.29. The molecule has 1 heterocycles. The Kier molecular flexibility index (Phi) is 10.1. The maximum atomic E-state index is 13.6. The molecule has 8 aromatic rings. The van der Waals surface area contributed by atoms with E-state index in [1.807, 2.05) is 12.1 Å². The Hall–Kier alpha value is -5.38. The van der Waals surface area contributed by atoms with Gasteiger partial charge in [0.05, 0.1) is 13.1 Å². The molecule has 9 rings (SSSR count). The number of likely N-dealkylation sites (N-methyl/N-ethyl adjacent to an activating group) is 2. The Labute approximate surface area is 328 Å². The number of nitrogens with zero attached hydrogens (tertiary/aromatic N) is 4. The largest absolute Gasteiger partial charge is 0.324 e. The number of rotatable bonds is 6. The number of amides is 2. The summed E-state index contributed by atoms with van der Waals surface area (Å²) in [6.07, 6.45) is 1.92. The molecule has 1 saturated heterocycles. The second kappa shape index (κ2) is 15.6. The van der Waals surface area contributed by atoms with Crippen molar-refractivity contribution < 1.29 is 9.59 Å². The SMILES string of the molecule is CN1CCCN(CC(=O)Nc2ccc3ccc4cccc5ccc2c3c45)CCN(C)CCCN(CC(=O)Nc2ccc3ccc4cccc5ccc2c3c45)CC1. The van der Waals surface area contributed by atoms with Crippen LogP contribution in [0.3, 0.4) is 0 Å². The number of carbonyl (C=O) groups is 2. The summed E-state index contributed by atoms with van der Waals surface area (Å²) in [5.41, 5.74) is 1.74. The van der Waals surface area contributed by atoms with E-state index in [-0.39, 0.29) is 11.8 Å². The second-order valence-electron chi connectivity index (χ2n) is 15.9. The minimum atomic E-state index is 0.0215. The number of hydrogen-bond donors (Lipinski definition) is 2. The molecule has 1 aliphatic rings. The van der Waals surface area contributed by atoms with Gasteiger partial charge >= 0.3 is 0 Å². The molecule has 8 heteroatoms. The van der Waals surface area contributed by atoms with Crippen LogP contribution in [0.25, 0.3) is 64.6 Å². The van der Waals surface area contributed by atoms with Crippen LogP contribution in [0, 0.1) is 0 Å². The summed E-state index contributed by atoms with van der Waals surface area (Å²) in [5, 5.41) is 20.9. The van der Waals surface area contributed by atoms with Crippen LogP contribution in [0.5, 0.6) is 0 Å². The number of nitrogens with one attached hydrogen (secondary N) is 2. The normalized spacial score (nSPS) is 16.8. The topological polar surface area (TPSA) is 71.2 Å². The third kappa shape index (κ3) is 7.33. The summed E-state index contributed by atoms with van der Waals surface area (Å²) in [7, 11) is 4.32. The second-order valence-corrected chi connectivity index (χ2v) is 15.9. The Morgan fingerprint density at radius 2 is 0.786 bits per heavy atom. The van der Waals surface area contributed by atoms with Crippen molar-refractivity contribution in [1.82, 2.24) is 19.6 Å². The smallest absolute Gasteiger partial charge is 0.238 e. The van der Waals surface area contributed by atoms with Crippen LogP contribution in [0.1, 0.15) is 12.8 Å². The number of benzene rings is 8. The van der Waals surface area contributed by atoms with Crippen LogP contribution >= 0.6 is 0 Å². The molecule has 2 amide bonds. The molecule has 1 aliphatic heterocycles. The van der Waals surface area contributed by atoms with E-state index < -0.39 is 0 Å². The van der Waals surface area contributed by atoms with Gasteiger partial charge in [0.1, 0.15) is 0 Å². The minimum absolute atomic E-state index is 0.0215. The number of anilines is 2. The van der Waals surface area contributed by atoms with Gasteiger partial charge in [0, 0.05) is 48.3 Å². The maximum Gasteiger partial charge on any atom is 0.238 e. The summed E-state index contributed by atoms with van der Waals surface area (Å²) >= 11 is 0. The highest BCUT2D eigenvalue weighted by molar-refractivity contribution is 6.27. The molecule has 8 aromatic carbocycles. The van der Waals surface area contributed by atoms with Gasteiger partial charge in [-0.3, -0.25) is 19.4 Å². The lowest BCUT2D eigenvalue weighted by molar-refractivity contribution is -0.118. The molecule has 56 heavy (non-hydrogen) atoms. The summed E-state index contributed by atoms with van der Waals surface area (Å²) in [5.74, 6) is 0.0429. The van der Waals surface area contributed by atoms with E-state index in [4.69, 9.17) is 0 Å². The van der Waals surface area contributed by atoms with Gasteiger partial charge in [-0.15, -0.1) is 0 Å². The van der Waals surface area contributed by atoms with Crippen molar-refractivity contribution >= 4 is 87.8 Å². The molecule has 0 aliphatic carbocycles. The molecule has 284 valence electrons. The van der Waals surface area contributed by atoms with E-state index in [1.165, 1.54) is 53.9 Å². The Balaban J connectivity index is 0.822. The highest BCUT2D eigenvalue weighted by atomic mass is 16.2. The van der Waals surface area contributed by atoms with Crippen molar-refractivity contribution in [2.24, 2.45) is 0 Å². The minimum Gasteiger partial charge on any atom is -0.324 e. The molecule has 8 nitrogen and oxygen atoms in total. The first-order valence-corrected chi connectivity index (χ1v) is 20.1. The predicted molar refractivity (Wildman–Crippen MR) is 235 cm³/mol. The average molecular weight is 743 g/mol. The molecule has 0 aromatic heterocycles. The van der Waals surface area contributed by atoms with Gasteiger partial charge in [-0.2, -0.15) is 0 Å². The van der Waals surface area contributed by atoms with Crippen molar-refractivity contribution in [3.05, 3.63) is 109 Å². The zero-order valence-corrected chi connectivity index (χ0v) is 32.5. The highest BCUT2D eigenvalue weighted by Crippen LogP contribution is 2.39. The monoisotopic (exact) mass is 742 g/mol. The standard InChI is InChI=1S/C48H50N6O2/c1-51-23-5-25-54(32-44(56)50-42-22-18-38-14-12-34-8-4-10-36-16-20-40(42)48(38)46(34)36)30-28-52(2)24-6-26-53(29-27-51)31-43(55)49-41-21-17-37-13-11-33-7-3-9-35-15-19-39(41)47(37)45(33)35/h3-4,7-22H,5-6,23-32H2,1-2H3,(H,49,55)(H,50,56). The molecule has 2 N–H and O–H groups in total. The van der Waals surface area contributed by atoms with Crippen molar-refractivity contribution in [1.29, 1.82) is 0 Å². The molecular weight excluding hydrogens is 693 g/mol. The van der Waals surface area contributed by atoms with Crippen LogP contribution in [0.15, 0.2) is 109 Å². The fourth-order valence-corrected chi connectivity index (χ4v) is 8.99. The summed E-state index contributed by atoms with van der Waals surface area (Å²) < 4.78 is 0. The van der Waals surface area contributed by atoms with E-state index in [1.54, 1.807) is 0 Å². The van der Waals surface area contributed by atoms with Crippen molar-refractivity contribution in [3.63, 3.8) is 0 Å². The van der Waals surface area contributed by atoms with Gasteiger partial charge < -0.3 is 20.4 Å². The zero-order chi connectivity index (χ0) is 38.2. The van der Waals surface area contributed by atoms with Gasteiger partial charge in [0.25, 0.3) is 0 Å². The Morgan fingerprint density at radius 1 is 0.429 bits per heavy atom. The fraction of sp³-hybridized carbons (Fsp3) is 0.292. The Bertz CT molecular complexity index is 2460. The molecule has 1 fully saturated rings. The number of carbonyl (C=O) groups excluding carboxylic acids is 2. The van der Waals surface area contributed by atoms with Gasteiger partial charge in [-0.25, -0.2) is 0 Å². The number of hydrogen-bond acceptors (Lipinski definition) is 6. The lowest BCUT2D eigenvalue weighted by Crippen LogP contribution is -2.43. The zero-order valence-electron chi connectivity index (χ0n) is 32.5. The summed E-state index contributed by atoms with van der Waals surface area (Å²) in [4.78, 5) is 36.6. The van der Waals surface area contributed by atoms with Crippen LogP contribution in [0.2, 0.25) is 0 Å². The first-order valence-electron chi connectivity index (χ1n) is 20.1. The van der Waals surface area contributed by atoms with Crippen LogP contribution in [0.4, 0.5) is 11.4 Å². The van der Waals surface area contributed by atoms with E-state index in [0.29, 0.717) is 13.1 Å². The first kappa shape index (κ1) is 36.3. The summed E-state index contributed by atoms with van der Waals surface area (Å²) in [6, 6.07) is 38.5. The van der Waals surface area contributed by atoms with Crippen LogP contribution < -0.4 is 10.6 Å².